The van der Waals surface area contributed by atoms with Gasteiger partial charge in [-0.3, -0.25) is 0 Å². The summed E-state index contributed by atoms with van der Waals surface area (Å²) in [6, 6.07) is 13.2. The Labute approximate surface area is 172 Å². The average molecular weight is 444 g/mol. The fraction of sp³-hybridized carbons (Fsp3) is 0.318. The third kappa shape index (κ3) is 3.65. The van der Waals surface area contributed by atoms with E-state index in [4.69, 9.17) is 0 Å². The van der Waals surface area contributed by atoms with Gasteiger partial charge in [0, 0.05) is 47.8 Å². The van der Waals surface area contributed by atoms with Crippen molar-refractivity contribution in [1.82, 2.24) is 14.8 Å². The summed E-state index contributed by atoms with van der Waals surface area (Å²) < 4.78 is 17.0. The summed E-state index contributed by atoms with van der Waals surface area (Å²) >= 11 is 3.59. The number of urea groups is 1. The van der Waals surface area contributed by atoms with Crippen molar-refractivity contribution in [2.75, 3.05) is 14.1 Å². The van der Waals surface area contributed by atoms with Gasteiger partial charge in [0.25, 0.3) is 0 Å². The van der Waals surface area contributed by atoms with Crippen molar-refractivity contribution in [3.05, 3.63) is 69.6 Å². The van der Waals surface area contributed by atoms with Gasteiger partial charge in [0.05, 0.1) is 0 Å². The van der Waals surface area contributed by atoms with E-state index in [-0.39, 0.29) is 17.9 Å². The standard InChI is InChI=1S/C22H23BrFN3O/c1-26(2)22(28)25-17-7-9-21-19(12-17)18-11-15(23)6-8-20(18)27(21)13-14-4-3-5-16(24)10-14/h3-6,8,10-11,17H,7,9,12-13H2,1-2H3,(H,25,28). The van der Waals surface area contributed by atoms with Crippen LogP contribution in [-0.4, -0.2) is 35.6 Å². The predicted octanol–water partition coefficient (Wildman–Crippen LogP) is 4.72. The molecular formula is C22H23BrFN3O. The molecule has 0 saturated carbocycles. The topological polar surface area (TPSA) is 37.3 Å². The number of nitrogens with one attached hydrogen (secondary N) is 1. The minimum Gasteiger partial charge on any atom is -0.340 e. The minimum absolute atomic E-state index is 0.0573. The molecule has 1 unspecified atom stereocenters. The van der Waals surface area contributed by atoms with Crippen LogP contribution in [-0.2, 0) is 19.4 Å². The second-order valence-electron chi connectivity index (χ2n) is 7.59. The van der Waals surface area contributed by atoms with Gasteiger partial charge >= 0.3 is 6.03 Å². The zero-order valence-electron chi connectivity index (χ0n) is 16.0. The maximum absolute atomic E-state index is 13.7. The van der Waals surface area contributed by atoms with Gasteiger partial charge in [-0.15, -0.1) is 0 Å². The molecule has 0 radical (unpaired) electrons. The molecule has 0 fully saturated rings. The maximum Gasteiger partial charge on any atom is 0.317 e. The van der Waals surface area contributed by atoms with Crippen LogP contribution in [0.15, 0.2) is 46.9 Å². The molecule has 1 aliphatic carbocycles. The first-order valence-electron chi connectivity index (χ1n) is 9.44. The molecule has 2 aromatic carbocycles. The van der Waals surface area contributed by atoms with Crippen molar-refractivity contribution in [2.24, 2.45) is 0 Å². The number of carbonyl (C=O) groups excluding carboxylic acids is 1. The number of hydrogen-bond donors (Lipinski definition) is 1. The summed E-state index contributed by atoms with van der Waals surface area (Å²) in [6.45, 7) is 0.639. The molecule has 3 aromatic rings. The van der Waals surface area contributed by atoms with Crippen LogP contribution in [0.5, 0.6) is 0 Å². The van der Waals surface area contributed by atoms with Crippen molar-refractivity contribution in [3.8, 4) is 0 Å². The van der Waals surface area contributed by atoms with Crippen molar-refractivity contribution < 1.29 is 9.18 Å². The van der Waals surface area contributed by atoms with E-state index in [0.29, 0.717) is 6.54 Å². The second kappa shape index (κ2) is 7.59. The fourth-order valence-corrected chi connectivity index (χ4v) is 4.41. The Kier molecular flexibility index (Phi) is 5.15. The number of benzene rings is 2. The summed E-state index contributed by atoms with van der Waals surface area (Å²) in [5.41, 5.74) is 4.67. The van der Waals surface area contributed by atoms with Crippen molar-refractivity contribution in [1.29, 1.82) is 0 Å². The van der Waals surface area contributed by atoms with Crippen LogP contribution in [0.3, 0.4) is 0 Å². The highest BCUT2D eigenvalue weighted by Gasteiger charge is 2.27. The van der Waals surface area contributed by atoms with Gasteiger partial charge in [-0.25, -0.2) is 9.18 Å². The van der Waals surface area contributed by atoms with Crippen LogP contribution >= 0.6 is 15.9 Å². The van der Waals surface area contributed by atoms with Gasteiger partial charge in [-0.2, -0.15) is 0 Å². The lowest BCUT2D eigenvalue weighted by Gasteiger charge is -2.26. The van der Waals surface area contributed by atoms with E-state index >= 15 is 0 Å². The summed E-state index contributed by atoms with van der Waals surface area (Å²) in [4.78, 5) is 13.7. The molecule has 1 N–H and O–H groups in total. The molecule has 146 valence electrons. The highest BCUT2D eigenvalue weighted by molar-refractivity contribution is 9.10. The second-order valence-corrected chi connectivity index (χ2v) is 8.50. The van der Waals surface area contributed by atoms with Crippen molar-refractivity contribution >= 4 is 32.9 Å². The Bertz CT molecular complexity index is 1040. The maximum atomic E-state index is 13.7. The van der Waals surface area contributed by atoms with Crippen LogP contribution in [0, 0.1) is 5.82 Å². The number of hydrogen-bond acceptors (Lipinski definition) is 1. The van der Waals surface area contributed by atoms with Crippen LogP contribution < -0.4 is 5.32 Å². The SMILES string of the molecule is CN(C)C(=O)NC1CCc2c(c3cc(Br)ccc3n2Cc2cccc(F)c2)C1. The fourth-order valence-electron chi connectivity index (χ4n) is 4.05. The average Bonchev–Trinajstić information content (AvgIpc) is 2.94. The Morgan fingerprint density at radius 1 is 1.29 bits per heavy atom. The highest BCUT2D eigenvalue weighted by Crippen LogP contribution is 2.34. The van der Waals surface area contributed by atoms with E-state index in [1.165, 1.54) is 22.7 Å². The van der Waals surface area contributed by atoms with Crippen LogP contribution in [0.1, 0.15) is 23.2 Å². The third-order valence-corrected chi connectivity index (χ3v) is 5.89. The normalized spacial score (nSPS) is 16.1. The minimum atomic E-state index is -0.211. The Morgan fingerprint density at radius 3 is 2.86 bits per heavy atom. The van der Waals surface area contributed by atoms with E-state index in [1.807, 2.05) is 12.1 Å². The van der Waals surface area contributed by atoms with Crippen LogP contribution in [0.25, 0.3) is 10.9 Å². The zero-order chi connectivity index (χ0) is 19.8. The Morgan fingerprint density at radius 2 is 2.11 bits per heavy atom. The number of halogens is 2. The number of aromatic nitrogens is 1. The van der Waals surface area contributed by atoms with Gasteiger partial charge in [0.2, 0.25) is 0 Å². The molecule has 0 bridgehead atoms. The number of fused-ring (bicyclic) bond motifs is 3. The van der Waals surface area contributed by atoms with Crippen molar-refractivity contribution in [3.63, 3.8) is 0 Å². The number of rotatable bonds is 3. The molecule has 2 amide bonds. The summed E-state index contributed by atoms with van der Waals surface area (Å²) in [7, 11) is 3.51. The van der Waals surface area contributed by atoms with E-state index in [0.717, 1.165) is 34.8 Å². The molecule has 4 nitrogen and oxygen atoms in total. The van der Waals surface area contributed by atoms with E-state index in [1.54, 1.807) is 31.1 Å². The number of nitrogens with zero attached hydrogens (tertiary/aromatic N) is 2. The quantitative estimate of drug-likeness (QED) is 0.624. The molecular weight excluding hydrogens is 421 g/mol. The van der Waals surface area contributed by atoms with Gasteiger partial charge in [-0.1, -0.05) is 28.1 Å². The first-order valence-corrected chi connectivity index (χ1v) is 10.2. The van der Waals surface area contributed by atoms with Crippen molar-refractivity contribution in [2.45, 2.75) is 31.8 Å². The molecule has 28 heavy (non-hydrogen) atoms. The molecule has 1 aliphatic rings. The lowest BCUT2D eigenvalue weighted by molar-refractivity contribution is 0.211. The molecule has 0 spiro atoms. The molecule has 0 saturated heterocycles. The zero-order valence-corrected chi connectivity index (χ0v) is 17.6. The lowest BCUT2D eigenvalue weighted by Crippen LogP contribution is -2.44. The van der Waals surface area contributed by atoms with E-state index in [9.17, 15) is 9.18 Å². The third-order valence-electron chi connectivity index (χ3n) is 5.39. The predicted molar refractivity (Wildman–Crippen MR) is 113 cm³/mol. The van der Waals surface area contributed by atoms with Crippen LogP contribution in [0.2, 0.25) is 0 Å². The molecule has 1 atom stereocenters. The largest absolute Gasteiger partial charge is 0.340 e. The molecule has 1 heterocycles. The summed E-state index contributed by atoms with van der Waals surface area (Å²) in [5.74, 6) is -0.211. The van der Waals surface area contributed by atoms with E-state index in [2.05, 4.69) is 37.9 Å². The monoisotopic (exact) mass is 443 g/mol. The van der Waals surface area contributed by atoms with Gasteiger partial charge < -0.3 is 14.8 Å². The lowest BCUT2D eigenvalue weighted by atomic mass is 9.91. The first kappa shape index (κ1) is 19.0. The summed E-state index contributed by atoms with van der Waals surface area (Å²) in [6.07, 6.45) is 2.58. The van der Waals surface area contributed by atoms with E-state index < -0.39 is 0 Å². The van der Waals surface area contributed by atoms with Gasteiger partial charge in [0.1, 0.15) is 5.82 Å². The molecule has 1 aromatic heterocycles. The van der Waals surface area contributed by atoms with Gasteiger partial charge in [-0.05, 0) is 60.7 Å². The van der Waals surface area contributed by atoms with Gasteiger partial charge in [0.15, 0.2) is 0 Å². The van der Waals surface area contributed by atoms with Crippen LogP contribution in [0.4, 0.5) is 9.18 Å². The molecule has 0 aliphatic heterocycles. The molecule has 4 rings (SSSR count). The molecule has 6 heteroatoms. The summed E-state index contributed by atoms with van der Waals surface area (Å²) in [5, 5.41) is 4.32. The number of amides is 2. The highest BCUT2D eigenvalue weighted by atomic mass is 79.9. The first-order chi connectivity index (χ1) is 13.4. The smallest absolute Gasteiger partial charge is 0.317 e. The Balaban J connectivity index is 1.73. The number of carbonyl (C=O) groups is 1. The Hall–Kier alpha value is -2.34.